The van der Waals surface area contributed by atoms with Gasteiger partial charge in [0.15, 0.2) is 0 Å². The molecule has 0 amide bonds. The van der Waals surface area contributed by atoms with Crippen LogP contribution in [-0.4, -0.2) is 44.5 Å². The molecule has 0 aliphatic heterocycles. The topological polar surface area (TPSA) is 111 Å². The maximum absolute atomic E-state index is 11.4. The zero-order valence-corrected chi connectivity index (χ0v) is 21.2. The highest BCUT2D eigenvalue weighted by Gasteiger charge is 2.17. The van der Waals surface area contributed by atoms with Crippen LogP contribution in [0.3, 0.4) is 0 Å². The van der Waals surface area contributed by atoms with Gasteiger partial charge in [0, 0.05) is 23.0 Å². The third-order valence-electron chi connectivity index (χ3n) is 6.06. The molecule has 4 rings (SSSR count). The number of hydrogen-bond acceptors (Lipinski definition) is 7. The van der Waals surface area contributed by atoms with Crippen LogP contribution >= 0.6 is 0 Å². The van der Waals surface area contributed by atoms with Crippen LogP contribution in [0.4, 0.5) is 11.4 Å². The summed E-state index contributed by atoms with van der Waals surface area (Å²) in [5, 5.41) is 17.3. The number of aliphatic carboxylic acids is 1. The molecule has 192 valence electrons. The predicted molar refractivity (Wildman–Crippen MR) is 142 cm³/mol. The van der Waals surface area contributed by atoms with Crippen molar-refractivity contribution >= 4 is 17.3 Å². The molecule has 2 aromatic heterocycles. The predicted octanol–water partition coefficient (Wildman–Crippen LogP) is 5.51. The number of aromatic nitrogens is 4. The van der Waals surface area contributed by atoms with Gasteiger partial charge < -0.3 is 19.9 Å². The first-order valence-corrected chi connectivity index (χ1v) is 12.2. The van der Waals surface area contributed by atoms with Crippen LogP contribution in [0.2, 0.25) is 0 Å². The monoisotopic (exact) mass is 501 g/mol. The summed E-state index contributed by atoms with van der Waals surface area (Å²) in [5.74, 6) is -0.0982. The number of hydrogen-bond donors (Lipinski definition) is 2. The number of carbonyl (C=O) groups is 1. The number of nitrogens with one attached hydrogen (secondary N) is 1. The minimum atomic E-state index is -0.815. The SMILES string of the molecule is CCOc1ncc(Nc2cc([C@H](CC)CC(=O)O)ccc2-c2cnn(Cc3ccc(OC)cc3)c2)cn1. The summed E-state index contributed by atoms with van der Waals surface area (Å²) in [6.07, 6.45) is 7.94. The van der Waals surface area contributed by atoms with E-state index in [0.29, 0.717) is 24.8 Å². The van der Waals surface area contributed by atoms with Crippen LogP contribution in [0.5, 0.6) is 11.8 Å². The number of nitrogens with zero attached hydrogens (tertiary/aromatic N) is 4. The highest BCUT2D eigenvalue weighted by molar-refractivity contribution is 5.81. The van der Waals surface area contributed by atoms with Gasteiger partial charge in [-0.25, -0.2) is 9.97 Å². The van der Waals surface area contributed by atoms with Crippen LogP contribution in [-0.2, 0) is 11.3 Å². The van der Waals surface area contributed by atoms with Gasteiger partial charge in [-0.05, 0) is 48.6 Å². The van der Waals surface area contributed by atoms with Crippen molar-refractivity contribution in [1.29, 1.82) is 0 Å². The first kappa shape index (κ1) is 25.7. The van der Waals surface area contributed by atoms with Gasteiger partial charge in [-0.1, -0.05) is 31.2 Å². The molecule has 0 spiro atoms. The Labute approximate surface area is 216 Å². The zero-order valence-electron chi connectivity index (χ0n) is 21.2. The molecule has 0 aliphatic carbocycles. The molecular weight excluding hydrogens is 470 g/mol. The van der Waals surface area contributed by atoms with E-state index in [1.54, 1.807) is 19.5 Å². The Balaban J connectivity index is 1.64. The van der Waals surface area contributed by atoms with Crippen molar-refractivity contribution in [3.05, 3.63) is 78.4 Å². The van der Waals surface area contributed by atoms with Crippen molar-refractivity contribution in [3.8, 4) is 22.9 Å². The molecule has 0 saturated heterocycles. The molecule has 4 aromatic rings. The third-order valence-corrected chi connectivity index (χ3v) is 6.06. The molecule has 2 heterocycles. The van der Waals surface area contributed by atoms with Gasteiger partial charge in [0.05, 0.1) is 51.0 Å². The Morgan fingerprint density at radius 1 is 1.08 bits per heavy atom. The normalized spacial score (nSPS) is 11.6. The highest BCUT2D eigenvalue weighted by atomic mass is 16.5. The number of methoxy groups -OCH3 is 1. The maximum Gasteiger partial charge on any atom is 0.316 e. The van der Waals surface area contributed by atoms with E-state index in [1.165, 1.54) is 0 Å². The second-order valence-corrected chi connectivity index (χ2v) is 8.60. The van der Waals surface area contributed by atoms with E-state index in [-0.39, 0.29) is 12.3 Å². The van der Waals surface area contributed by atoms with Crippen LogP contribution in [0, 0.1) is 0 Å². The average Bonchev–Trinajstić information content (AvgIpc) is 3.37. The third kappa shape index (κ3) is 6.63. The van der Waals surface area contributed by atoms with Crippen molar-refractivity contribution < 1.29 is 19.4 Å². The molecule has 1 atom stereocenters. The van der Waals surface area contributed by atoms with E-state index in [0.717, 1.165) is 40.1 Å². The van der Waals surface area contributed by atoms with E-state index in [2.05, 4.69) is 20.4 Å². The average molecular weight is 502 g/mol. The number of carboxylic acid groups (broad SMARTS) is 1. The first-order chi connectivity index (χ1) is 18.0. The van der Waals surface area contributed by atoms with Crippen LogP contribution < -0.4 is 14.8 Å². The van der Waals surface area contributed by atoms with Gasteiger partial charge >= 0.3 is 12.0 Å². The van der Waals surface area contributed by atoms with E-state index >= 15 is 0 Å². The second-order valence-electron chi connectivity index (χ2n) is 8.60. The maximum atomic E-state index is 11.4. The fourth-order valence-corrected chi connectivity index (χ4v) is 4.13. The Bertz CT molecular complexity index is 1320. The lowest BCUT2D eigenvalue weighted by atomic mass is 9.91. The summed E-state index contributed by atoms with van der Waals surface area (Å²) in [4.78, 5) is 19.9. The molecule has 9 nitrogen and oxygen atoms in total. The lowest BCUT2D eigenvalue weighted by molar-refractivity contribution is -0.137. The summed E-state index contributed by atoms with van der Waals surface area (Å²) < 4.78 is 12.5. The standard InChI is InChI=1S/C28H31N5O4/c1-4-20(13-27(34)35)21-8-11-25(26(12-21)32-23-15-29-28(30-16-23)37-5-2)22-14-31-33(18-22)17-19-6-9-24(36-3)10-7-19/h6-12,14-16,18,20,32H,4-5,13,17H2,1-3H3,(H,34,35)/t20-/m1/s1. The number of ether oxygens (including phenoxy) is 2. The van der Waals surface area contributed by atoms with Crippen molar-refractivity contribution in [2.45, 2.75) is 39.2 Å². The van der Waals surface area contributed by atoms with Crippen LogP contribution in [0.1, 0.15) is 43.7 Å². The molecule has 0 bridgehead atoms. The minimum Gasteiger partial charge on any atom is -0.497 e. The Hall–Kier alpha value is -4.40. The van der Waals surface area contributed by atoms with Gasteiger partial charge in [-0.2, -0.15) is 5.10 Å². The summed E-state index contributed by atoms with van der Waals surface area (Å²) in [7, 11) is 1.65. The molecule has 0 radical (unpaired) electrons. The van der Waals surface area contributed by atoms with Crippen LogP contribution in [0.15, 0.2) is 67.3 Å². The minimum absolute atomic E-state index is 0.0707. The van der Waals surface area contributed by atoms with E-state index in [1.807, 2.05) is 73.4 Å². The lowest BCUT2D eigenvalue weighted by Gasteiger charge is -2.17. The van der Waals surface area contributed by atoms with Gasteiger partial charge in [-0.15, -0.1) is 0 Å². The fraction of sp³-hybridized carbons (Fsp3) is 0.286. The molecule has 0 unspecified atom stereocenters. The number of benzene rings is 2. The van der Waals surface area contributed by atoms with Crippen molar-refractivity contribution in [1.82, 2.24) is 19.7 Å². The fourth-order valence-electron chi connectivity index (χ4n) is 4.13. The molecule has 0 aliphatic rings. The first-order valence-electron chi connectivity index (χ1n) is 12.2. The molecule has 2 N–H and O–H groups in total. The Kier molecular flexibility index (Phi) is 8.35. The second kappa shape index (κ2) is 12.0. The summed E-state index contributed by atoms with van der Waals surface area (Å²) in [6, 6.07) is 14.2. The molecule has 9 heteroatoms. The van der Waals surface area contributed by atoms with E-state index in [9.17, 15) is 9.90 Å². The van der Waals surface area contributed by atoms with Crippen molar-refractivity contribution in [2.24, 2.45) is 0 Å². The summed E-state index contributed by atoms with van der Waals surface area (Å²) >= 11 is 0. The highest BCUT2D eigenvalue weighted by Crippen LogP contribution is 2.35. The van der Waals surface area contributed by atoms with E-state index < -0.39 is 5.97 Å². The van der Waals surface area contributed by atoms with Crippen molar-refractivity contribution in [3.63, 3.8) is 0 Å². The van der Waals surface area contributed by atoms with Crippen molar-refractivity contribution in [2.75, 3.05) is 19.0 Å². The zero-order chi connectivity index (χ0) is 26.2. The number of rotatable bonds is 12. The largest absolute Gasteiger partial charge is 0.497 e. The van der Waals surface area contributed by atoms with Crippen LogP contribution in [0.25, 0.3) is 11.1 Å². The smallest absolute Gasteiger partial charge is 0.316 e. The number of anilines is 2. The number of carboxylic acids is 1. The van der Waals surface area contributed by atoms with Gasteiger partial charge in [-0.3, -0.25) is 9.48 Å². The quantitative estimate of drug-likeness (QED) is 0.261. The van der Waals surface area contributed by atoms with Gasteiger partial charge in [0.1, 0.15) is 5.75 Å². The molecular formula is C28H31N5O4. The van der Waals surface area contributed by atoms with E-state index in [4.69, 9.17) is 9.47 Å². The molecule has 0 fully saturated rings. The summed E-state index contributed by atoms with van der Waals surface area (Å²) in [6.45, 7) is 4.98. The van der Waals surface area contributed by atoms with Gasteiger partial charge in [0.25, 0.3) is 0 Å². The molecule has 2 aromatic carbocycles. The molecule has 0 saturated carbocycles. The van der Waals surface area contributed by atoms with Gasteiger partial charge in [0.2, 0.25) is 0 Å². The lowest BCUT2D eigenvalue weighted by Crippen LogP contribution is -2.06. The molecule has 37 heavy (non-hydrogen) atoms. The summed E-state index contributed by atoms with van der Waals surface area (Å²) in [5.41, 5.74) is 5.44. The Morgan fingerprint density at radius 3 is 2.49 bits per heavy atom. The Morgan fingerprint density at radius 2 is 1.84 bits per heavy atom.